The van der Waals surface area contributed by atoms with E-state index in [2.05, 4.69) is 30.1 Å². The van der Waals surface area contributed by atoms with Gasteiger partial charge in [0.05, 0.1) is 16.9 Å². The Morgan fingerprint density at radius 3 is 2.66 bits per heavy atom. The van der Waals surface area contributed by atoms with Crippen LogP contribution in [0.2, 0.25) is 0 Å². The maximum absolute atomic E-state index is 14.0. The Labute approximate surface area is 181 Å². The second-order valence-electron chi connectivity index (χ2n) is 7.61. The number of halogens is 1. The van der Waals surface area contributed by atoms with Gasteiger partial charge in [0.1, 0.15) is 29.0 Å². The smallest absolute Gasteiger partial charge is 0.138 e. The first-order valence-corrected chi connectivity index (χ1v) is 10.0. The maximum atomic E-state index is 14.0. The van der Waals surface area contributed by atoms with Gasteiger partial charge in [0.25, 0.3) is 0 Å². The van der Waals surface area contributed by atoms with Crippen LogP contribution in [0.25, 0.3) is 55.8 Å². The highest BCUT2D eigenvalue weighted by Crippen LogP contribution is 2.33. The van der Waals surface area contributed by atoms with Crippen molar-refractivity contribution in [1.29, 1.82) is 0 Å². The lowest BCUT2D eigenvalue weighted by Crippen LogP contribution is -1.87. The molecule has 32 heavy (non-hydrogen) atoms. The van der Waals surface area contributed by atoms with Gasteiger partial charge < -0.3 is 4.98 Å². The Kier molecular flexibility index (Phi) is 4.04. The average Bonchev–Trinajstić information content (AvgIpc) is 3.42. The van der Waals surface area contributed by atoms with Crippen LogP contribution in [0, 0.1) is 12.7 Å². The molecule has 154 valence electrons. The molecule has 1 aromatic carbocycles. The van der Waals surface area contributed by atoms with E-state index in [0.717, 1.165) is 50.1 Å². The Morgan fingerprint density at radius 1 is 0.938 bits per heavy atom. The fraction of sp³-hybridized carbons (Fsp3) is 0.0417. The second kappa shape index (κ2) is 7.05. The normalized spacial score (nSPS) is 11.4. The van der Waals surface area contributed by atoms with Crippen molar-refractivity contribution in [1.82, 2.24) is 35.1 Å². The van der Waals surface area contributed by atoms with Crippen LogP contribution in [0.15, 0.2) is 67.4 Å². The summed E-state index contributed by atoms with van der Waals surface area (Å²) in [5.41, 5.74) is 7.82. The summed E-state index contributed by atoms with van der Waals surface area (Å²) in [6.45, 7) is 1.88. The van der Waals surface area contributed by atoms with E-state index in [1.807, 2.05) is 37.3 Å². The van der Waals surface area contributed by atoms with Gasteiger partial charge in [-0.05, 0) is 60.0 Å². The van der Waals surface area contributed by atoms with Crippen molar-refractivity contribution in [2.45, 2.75) is 6.92 Å². The number of aromatic amines is 2. The molecule has 7 nitrogen and oxygen atoms in total. The number of nitrogens with one attached hydrogen (secondary N) is 2. The van der Waals surface area contributed by atoms with Gasteiger partial charge in [-0.15, -0.1) is 0 Å². The summed E-state index contributed by atoms with van der Waals surface area (Å²) in [6, 6.07) is 12.7. The van der Waals surface area contributed by atoms with Gasteiger partial charge in [-0.3, -0.25) is 5.10 Å². The summed E-state index contributed by atoms with van der Waals surface area (Å²) in [6.07, 6.45) is 6.65. The largest absolute Gasteiger partial charge is 0.338 e. The van der Waals surface area contributed by atoms with E-state index < -0.39 is 0 Å². The van der Waals surface area contributed by atoms with Crippen LogP contribution in [-0.2, 0) is 0 Å². The van der Waals surface area contributed by atoms with Crippen molar-refractivity contribution in [2.75, 3.05) is 0 Å². The molecule has 0 saturated heterocycles. The molecule has 8 heteroatoms. The quantitative estimate of drug-likeness (QED) is 0.416. The molecule has 0 aliphatic carbocycles. The highest BCUT2D eigenvalue weighted by Gasteiger charge is 2.16. The summed E-state index contributed by atoms with van der Waals surface area (Å²) in [4.78, 5) is 20.7. The van der Waals surface area contributed by atoms with Gasteiger partial charge in [-0.2, -0.15) is 5.10 Å². The van der Waals surface area contributed by atoms with Gasteiger partial charge in [0.15, 0.2) is 0 Å². The Balaban J connectivity index is 1.52. The standard InChI is InChI=1S/C24H16FN7/c1-13-6-14(8-16(25)7-13)17-4-5-28-24-18(17)9-21(30-24)23-22-20(31-32-23)3-2-19(29-22)15-10-26-12-27-11-15/h2-12H,1H3,(H,28,30)(H,31,32). The average molecular weight is 421 g/mol. The van der Waals surface area contributed by atoms with Crippen molar-refractivity contribution in [2.24, 2.45) is 0 Å². The molecule has 0 unspecified atom stereocenters. The van der Waals surface area contributed by atoms with E-state index in [4.69, 9.17) is 4.98 Å². The number of benzene rings is 1. The molecule has 0 radical (unpaired) electrons. The fourth-order valence-electron chi connectivity index (χ4n) is 3.98. The molecule has 0 spiro atoms. The van der Waals surface area contributed by atoms with Crippen LogP contribution in [0.1, 0.15) is 5.56 Å². The molecule has 0 atom stereocenters. The van der Waals surface area contributed by atoms with Crippen LogP contribution in [0.3, 0.4) is 0 Å². The first-order chi connectivity index (χ1) is 15.7. The monoisotopic (exact) mass is 421 g/mol. The Hall–Kier alpha value is -4.46. The van der Waals surface area contributed by atoms with Gasteiger partial charge in [-0.25, -0.2) is 24.3 Å². The lowest BCUT2D eigenvalue weighted by atomic mass is 10.0. The third-order valence-electron chi connectivity index (χ3n) is 5.40. The van der Waals surface area contributed by atoms with Crippen molar-refractivity contribution < 1.29 is 4.39 Å². The number of hydrogen-bond acceptors (Lipinski definition) is 5. The first kappa shape index (κ1) is 18.3. The van der Waals surface area contributed by atoms with E-state index in [0.29, 0.717) is 11.3 Å². The number of hydrogen-bond donors (Lipinski definition) is 2. The van der Waals surface area contributed by atoms with Crippen LogP contribution in [-0.4, -0.2) is 35.1 Å². The van der Waals surface area contributed by atoms with E-state index in [9.17, 15) is 4.39 Å². The van der Waals surface area contributed by atoms with E-state index in [1.165, 1.54) is 18.5 Å². The molecule has 0 saturated carbocycles. The van der Waals surface area contributed by atoms with Gasteiger partial charge in [0, 0.05) is 29.5 Å². The van der Waals surface area contributed by atoms with E-state index in [-0.39, 0.29) is 5.82 Å². The SMILES string of the molecule is Cc1cc(F)cc(-c2ccnc3[nH]c(-c4n[nH]c5ccc(-c6cncnc6)nc45)cc23)c1. The zero-order valence-corrected chi connectivity index (χ0v) is 17.0. The minimum Gasteiger partial charge on any atom is -0.338 e. The number of H-pyrrole nitrogens is 2. The molecule has 0 amide bonds. The molecule has 0 aliphatic heterocycles. The predicted octanol–water partition coefficient (Wildman–Crippen LogP) is 5.07. The molecule has 6 rings (SSSR count). The molecule has 6 aromatic rings. The molecule has 0 aliphatic rings. The molecule has 5 aromatic heterocycles. The van der Waals surface area contributed by atoms with Gasteiger partial charge in [-0.1, -0.05) is 6.07 Å². The van der Waals surface area contributed by atoms with Crippen LogP contribution in [0.5, 0.6) is 0 Å². The molecule has 0 fully saturated rings. The Morgan fingerprint density at radius 2 is 1.81 bits per heavy atom. The fourth-order valence-corrected chi connectivity index (χ4v) is 3.98. The van der Waals surface area contributed by atoms with Crippen molar-refractivity contribution in [3.05, 3.63) is 78.8 Å². The highest BCUT2D eigenvalue weighted by atomic mass is 19.1. The number of rotatable bonds is 3. The van der Waals surface area contributed by atoms with Gasteiger partial charge >= 0.3 is 0 Å². The zero-order valence-electron chi connectivity index (χ0n) is 17.0. The minimum absolute atomic E-state index is 0.263. The summed E-state index contributed by atoms with van der Waals surface area (Å²) in [5, 5.41) is 8.41. The summed E-state index contributed by atoms with van der Waals surface area (Å²) in [5.74, 6) is -0.263. The number of nitrogens with zero attached hydrogens (tertiary/aromatic N) is 5. The van der Waals surface area contributed by atoms with Gasteiger partial charge in [0.2, 0.25) is 0 Å². The van der Waals surface area contributed by atoms with Crippen LogP contribution >= 0.6 is 0 Å². The molecular formula is C24H16FN7. The minimum atomic E-state index is -0.263. The van der Waals surface area contributed by atoms with Crippen LogP contribution in [0.4, 0.5) is 4.39 Å². The molecule has 0 bridgehead atoms. The number of aromatic nitrogens is 7. The lowest BCUT2D eigenvalue weighted by molar-refractivity contribution is 0.627. The molecule has 2 N–H and O–H groups in total. The predicted molar refractivity (Wildman–Crippen MR) is 120 cm³/mol. The van der Waals surface area contributed by atoms with Crippen LogP contribution < -0.4 is 0 Å². The topological polar surface area (TPSA) is 96.0 Å². The third-order valence-corrected chi connectivity index (χ3v) is 5.40. The molecular weight excluding hydrogens is 405 g/mol. The summed E-state index contributed by atoms with van der Waals surface area (Å²) in [7, 11) is 0. The number of aryl methyl sites for hydroxylation is 1. The summed E-state index contributed by atoms with van der Waals surface area (Å²) >= 11 is 0. The van der Waals surface area contributed by atoms with Crippen molar-refractivity contribution in [3.8, 4) is 33.8 Å². The number of pyridine rings is 2. The van der Waals surface area contributed by atoms with Crippen molar-refractivity contribution in [3.63, 3.8) is 0 Å². The van der Waals surface area contributed by atoms with E-state index in [1.54, 1.807) is 18.6 Å². The Bertz CT molecular complexity index is 1580. The maximum Gasteiger partial charge on any atom is 0.138 e. The lowest BCUT2D eigenvalue weighted by Gasteiger charge is -2.05. The molecule has 5 heterocycles. The summed E-state index contributed by atoms with van der Waals surface area (Å²) < 4.78 is 14.0. The van der Waals surface area contributed by atoms with Crippen molar-refractivity contribution >= 4 is 22.1 Å². The zero-order chi connectivity index (χ0) is 21.7. The van der Waals surface area contributed by atoms with E-state index >= 15 is 0 Å². The second-order valence-corrected chi connectivity index (χ2v) is 7.61. The first-order valence-electron chi connectivity index (χ1n) is 10.0. The number of fused-ring (bicyclic) bond motifs is 2. The third kappa shape index (κ3) is 3.01. The highest BCUT2D eigenvalue weighted by molar-refractivity contribution is 5.99.